The van der Waals surface area contributed by atoms with Gasteiger partial charge in [0.25, 0.3) is 11.8 Å². The van der Waals surface area contributed by atoms with E-state index in [-0.39, 0.29) is 34.7 Å². The lowest BCUT2D eigenvalue weighted by Crippen LogP contribution is -2.27. The molecule has 1 N–H and O–H groups in total. The van der Waals surface area contributed by atoms with Crippen LogP contribution < -0.4 is 10.1 Å². The van der Waals surface area contributed by atoms with E-state index in [4.69, 9.17) is 4.74 Å². The molecule has 2 aromatic carbocycles. The summed E-state index contributed by atoms with van der Waals surface area (Å²) in [5.41, 5.74) is -3.65. The zero-order valence-corrected chi connectivity index (χ0v) is 15.4. The molecule has 0 aliphatic rings. The predicted molar refractivity (Wildman–Crippen MR) is 96.9 cm³/mol. The monoisotopic (exact) mass is 398 g/mol. The molecule has 2 rings (SSSR count). The quantitative estimate of drug-likeness (QED) is 0.747. The van der Waals surface area contributed by atoms with Gasteiger partial charge in [-0.1, -0.05) is 0 Å². The highest BCUT2D eigenvalue weighted by Crippen LogP contribution is 2.36. The fourth-order valence-corrected chi connectivity index (χ4v) is 2.46. The number of ether oxygens (including phenoxy) is 1. The Morgan fingerprint density at radius 3 is 2.15 bits per heavy atom. The van der Waals surface area contributed by atoms with Crippen LogP contribution in [0.5, 0.6) is 5.75 Å². The average Bonchev–Trinajstić information content (AvgIpc) is 2.60. The Labute approximate surface area is 158 Å². The van der Waals surface area contributed by atoms with E-state index in [9.17, 15) is 22.8 Å². The minimum absolute atomic E-state index is 0.00724. The van der Waals surface area contributed by atoms with Crippen molar-refractivity contribution in [3.05, 3.63) is 54.1 Å². The Bertz CT molecular complexity index is 791. The lowest BCUT2D eigenvalue weighted by atomic mass is 10.2. The predicted octanol–water partition coefficient (Wildman–Crippen LogP) is 4.02. The molecule has 0 bridgehead atoms. The molecule has 9 heteroatoms. The van der Waals surface area contributed by atoms with Crippen LogP contribution in [-0.4, -0.2) is 42.9 Å². The summed E-state index contributed by atoms with van der Waals surface area (Å²) in [5, 5.41) is 2.64. The Kier molecular flexibility index (Phi) is 6.73. The van der Waals surface area contributed by atoms with Crippen LogP contribution in [0.3, 0.4) is 0 Å². The number of rotatable bonds is 6. The second-order valence-electron chi connectivity index (χ2n) is 5.63. The lowest BCUT2D eigenvalue weighted by molar-refractivity contribution is -0.130. The molecule has 0 fully saturated rings. The molecule has 0 spiro atoms. The third-order valence-electron chi connectivity index (χ3n) is 3.32. The molecule has 27 heavy (non-hydrogen) atoms. The van der Waals surface area contributed by atoms with Gasteiger partial charge < -0.3 is 15.0 Å². The first-order valence-corrected chi connectivity index (χ1v) is 8.56. The van der Waals surface area contributed by atoms with E-state index in [0.29, 0.717) is 11.4 Å². The largest absolute Gasteiger partial charge is 0.484 e. The lowest BCUT2D eigenvalue weighted by Gasteiger charge is -2.12. The fourth-order valence-electron chi connectivity index (χ4n) is 1.92. The Morgan fingerprint density at radius 2 is 1.63 bits per heavy atom. The number of nitrogens with zero attached hydrogens (tertiary/aromatic N) is 1. The number of hydrogen-bond acceptors (Lipinski definition) is 4. The molecular weight excluding hydrogens is 381 g/mol. The molecule has 0 saturated heterocycles. The van der Waals surface area contributed by atoms with Gasteiger partial charge in [-0.2, -0.15) is 13.2 Å². The van der Waals surface area contributed by atoms with Crippen LogP contribution in [0, 0.1) is 0 Å². The number of anilines is 1. The maximum atomic E-state index is 12.3. The van der Waals surface area contributed by atoms with Gasteiger partial charge in [-0.15, -0.1) is 0 Å². The molecule has 2 amide bonds. The van der Waals surface area contributed by atoms with Crippen molar-refractivity contribution in [2.45, 2.75) is 10.4 Å². The summed E-state index contributed by atoms with van der Waals surface area (Å²) in [6.07, 6.45) is 0. The van der Waals surface area contributed by atoms with Gasteiger partial charge in [0, 0.05) is 30.2 Å². The maximum absolute atomic E-state index is 12.3. The minimum Gasteiger partial charge on any atom is -0.484 e. The zero-order valence-electron chi connectivity index (χ0n) is 14.5. The van der Waals surface area contributed by atoms with E-state index in [1.54, 1.807) is 38.4 Å². The average molecular weight is 398 g/mol. The molecule has 0 aliphatic carbocycles. The molecule has 0 aliphatic heterocycles. The third kappa shape index (κ3) is 6.86. The highest BCUT2D eigenvalue weighted by Gasteiger charge is 2.29. The molecule has 0 unspecified atom stereocenters. The molecule has 0 atom stereocenters. The number of thioether (sulfide) groups is 1. The SMILES string of the molecule is CN(C)C(=O)COc1ccc(NC(=O)c2ccc(SC(F)(F)F)cc2)cc1. The summed E-state index contributed by atoms with van der Waals surface area (Å²) in [6, 6.07) is 11.5. The van der Waals surface area contributed by atoms with Gasteiger partial charge in [0.15, 0.2) is 6.61 Å². The highest BCUT2D eigenvalue weighted by molar-refractivity contribution is 8.00. The Balaban J connectivity index is 1.92. The van der Waals surface area contributed by atoms with E-state index in [1.165, 1.54) is 29.2 Å². The number of likely N-dealkylation sites (N-methyl/N-ethyl adjacent to an activating group) is 1. The number of benzene rings is 2. The van der Waals surface area contributed by atoms with Gasteiger partial charge in [0.05, 0.1) is 0 Å². The number of alkyl halides is 3. The van der Waals surface area contributed by atoms with Crippen LogP contribution in [0.4, 0.5) is 18.9 Å². The fraction of sp³-hybridized carbons (Fsp3) is 0.222. The van der Waals surface area contributed by atoms with E-state index >= 15 is 0 Å². The standard InChI is InChI=1S/C18H17F3N2O3S/c1-23(2)16(24)11-26-14-7-5-13(6-8-14)22-17(25)12-3-9-15(10-4-12)27-18(19,20)21/h3-10H,11H2,1-2H3,(H,22,25). The van der Waals surface area contributed by atoms with Crippen LogP contribution >= 0.6 is 11.8 Å². The van der Waals surface area contributed by atoms with E-state index < -0.39 is 11.4 Å². The van der Waals surface area contributed by atoms with Gasteiger partial charge >= 0.3 is 5.51 Å². The number of amides is 2. The minimum atomic E-state index is -4.37. The first kappa shape index (κ1) is 20.6. The van der Waals surface area contributed by atoms with Crippen LogP contribution in [0.2, 0.25) is 0 Å². The summed E-state index contributed by atoms with van der Waals surface area (Å²) >= 11 is -0.238. The van der Waals surface area contributed by atoms with Crippen molar-refractivity contribution in [3.8, 4) is 5.75 Å². The van der Waals surface area contributed by atoms with Crippen LogP contribution in [0.25, 0.3) is 0 Å². The number of nitrogens with one attached hydrogen (secondary N) is 1. The van der Waals surface area contributed by atoms with Crippen molar-refractivity contribution in [1.82, 2.24) is 4.90 Å². The number of hydrogen-bond donors (Lipinski definition) is 1. The van der Waals surface area contributed by atoms with Crippen molar-refractivity contribution in [1.29, 1.82) is 0 Å². The first-order valence-electron chi connectivity index (χ1n) is 7.74. The van der Waals surface area contributed by atoms with Crippen molar-refractivity contribution in [2.75, 3.05) is 26.0 Å². The smallest absolute Gasteiger partial charge is 0.446 e. The normalized spacial score (nSPS) is 11.0. The summed E-state index contributed by atoms with van der Waals surface area (Å²) in [5.74, 6) is -0.161. The number of halogens is 3. The molecule has 0 aromatic heterocycles. The highest BCUT2D eigenvalue weighted by atomic mass is 32.2. The van der Waals surface area contributed by atoms with Gasteiger partial charge in [-0.3, -0.25) is 9.59 Å². The Hall–Kier alpha value is -2.68. The van der Waals surface area contributed by atoms with Crippen LogP contribution in [-0.2, 0) is 4.79 Å². The molecular formula is C18H17F3N2O3S. The van der Waals surface area contributed by atoms with Crippen LogP contribution in [0.15, 0.2) is 53.4 Å². The van der Waals surface area contributed by atoms with Crippen LogP contribution in [0.1, 0.15) is 10.4 Å². The van der Waals surface area contributed by atoms with Crippen molar-refractivity contribution in [2.24, 2.45) is 0 Å². The van der Waals surface area contributed by atoms with E-state index in [0.717, 1.165) is 0 Å². The first-order chi connectivity index (χ1) is 12.6. The maximum Gasteiger partial charge on any atom is 0.446 e. The summed E-state index contributed by atoms with van der Waals surface area (Å²) in [7, 11) is 3.25. The van der Waals surface area contributed by atoms with E-state index in [1.807, 2.05) is 0 Å². The van der Waals surface area contributed by atoms with Crippen molar-refractivity contribution in [3.63, 3.8) is 0 Å². The summed E-state index contributed by atoms with van der Waals surface area (Å²) in [4.78, 5) is 25.0. The summed E-state index contributed by atoms with van der Waals surface area (Å²) < 4.78 is 42.3. The molecule has 2 aromatic rings. The molecule has 144 valence electrons. The van der Waals surface area contributed by atoms with Crippen molar-refractivity contribution < 1.29 is 27.5 Å². The Morgan fingerprint density at radius 1 is 1.04 bits per heavy atom. The van der Waals surface area contributed by atoms with Gasteiger partial charge in [-0.25, -0.2) is 0 Å². The molecule has 0 radical (unpaired) electrons. The van der Waals surface area contributed by atoms with E-state index in [2.05, 4.69) is 5.32 Å². The second kappa shape index (κ2) is 8.81. The van der Waals surface area contributed by atoms with Gasteiger partial charge in [0.1, 0.15) is 5.75 Å². The molecule has 0 saturated carbocycles. The molecule has 0 heterocycles. The van der Waals surface area contributed by atoms with Crippen molar-refractivity contribution >= 4 is 29.3 Å². The topological polar surface area (TPSA) is 58.6 Å². The molecule has 5 nitrogen and oxygen atoms in total. The summed E-state index contributed by atoms with van der Waals surface area (Å²) in [6.45, 7) is -0.0962. The van der Waals surface area contributed by atoms with Gasteiger partial charge in [0.2, 0.25) is 0 Å². The second-order valence-corrected chi connectivity index (χ2v) is 6.77. The van der Waals surface area contributed by atoms with Gasteiger partial charge in [-0.05, 0) is 60.3 Å². The zero-order chi connectivity index (χ0) is 20.0. The number of carbonyl (C=O) groups excluding carboxylic acids is 2. The third-order valence-corrected chi connectivity index (χ3v) is 4.06. The number of carbonyl (C=O) groups is 2.